The van der Waals surface area contributed by atoms with E-state index in [1.54, 1.807) is 24.3 Å². The van der Waals surface area contributed by atoms with Gasteiger partial charge in [0.15, 0.2) is 11.6 Å². The summed E-state index contributed by atoms with van der Waals surface area (Å²) in [6, 6.07) is 7.29. The van der Waals surface area contributed by atoms with E-state index in [2.05, 4.69) is 20.4 Å². The van der Waals surface area contributed by atoms with E-state index in [9.17, 15) is 4.39 Å². The van der Waals surface area contributed by atoms with Gasteiger partial charge in [0, 0.05) is 18.7 Å². The van der Waals surface area contributed by atoms with Gasteiger partial charge in [-0.1, -0.05) is 11.6 Å². The minimum atomic E-state index is -0.653. The number of aromatic nitrogens is 5. The van der Waals surface area contributed by atoms with Gasteiger partial charge in [-0.25, -0.2) is 9.37 Å². The zero-order valence-corrected chi connectivity index (χ0v) is 13.6. The fourth-order valence-corrected chi connectivity index (χ4v) is 2.11. The average molecular weight is 365 g/mol. The number of ether oxygens (including phenoxy) is 1. The third-order valence-electron chi connectivity index (χ3n) is 3.19. The molecule has 1 atom stereocenters. The fraction of sp³-hybridized carbons (Fsp3) is 0.200. The number of pyridine rings is 1. The molecule has 8 nitrogen and oxygen atoms in total. The van der Waals surface area contributed by atoms with Gasteiger partial charge < -0.3 is 15.6 Å². The Balaban J connectivity index is 1.72. The highest BCUT2D eigenvalue weighted by molar-refractivity contribution is 6.30. The summed E-state index contributed by atoms with van der Waals surface area (Å²) in [4.78, 5) is 5.12. The normalized spacial score (nSPS) is 12.2. The van der Waals surface area contributed by atoms with E-state index in [4.69, 9.17) is 27.2 Å². The zero-order valence-electron chi connectivity index (χ0n) is 12.9. The van der Waals surface area contributed by atoms with Crippen molar-refractivity contribution >= 4 is 11.6 Å². The van der Waals surface area contributed by atoms with E-state index < -0.39 is 11.9 Å². The van der Waals surface area contributed by atoms with E-state index in [-0.39, 0.29) is 17.5 Å². The van der Waals surface area contributed by atoms with Crippen molar-refractivity contribution in [2.75, 3.05) is 6.61 Å². The molecule has 0 fully saturated rings. The number of rotatable bonds is 6. The van der Waals surface area contributed by atoms with Crippen LogP contribution in [0.2, 0.25) is 5.02 Å². The molecule has 130 valence electrons. The van der Waals surface area contributed by atoms with Crippen LogP contribution in [0, 0.1) is 5.82 Å². The van der Waals surface area contributed by atoms with Crippen LogP contribution in [0.3, 0.4) is 0 Å². The van der Waals surface area contributed by atoms with Crippen molar-refractivity contribution in [1.82, 2.24) is 25.2 Å². The Morgan fingerprint density at radius 3 is 2.76 bits per heavy atom. The average Bonchev–Trinajstić information content (AvgIpc) is 3.06. The van der Waals surface area contributed by atoms with Crippen LogP contribution in [0.5, 0.6) is 11.6 Å². The molecule has 0 aliphatic rings. The molecule has 2 aromatic heterocycles. The molecular formula is C15H14ClFN6O2. The summed E-state index contributed by atoms with van der Waals surface area (Å²) in [6.45, 7) is -0.157. The highest BCUT2D eigenvalue weighted by atomic mass is 35.5. The standard InChI is InChI=1S/C15H14ClFN6O2/c16-9-5-13(17)15(19-7-9)25-12-3-1-11(2-4-12)23-21-14(20-22-23)6-10(18)8-24/h1-5,7,10,24H,6,8,18H2/t10-/m0/s1. The van der Waals surface area contributed by atoms with Crippen LogP contribution in [0.15, 0.2) is 36.5 Å². The summed E-state index contributed by atoms with van der Waals surface area (Å²) in [6.07, 6.45) is 1.62. The number of halogens is 2. The van der Waals surface area contributed by atoms with Gasteiger partial charge in [0.05, 0.1) is 17.3 Å². The molecular weight excluding hydrogens is 351 g/mol. The monoisotopic (exact) mass is 364 g/mol. The van der Waals surface area contributed by atoms with Gasteiger partial charge >= 0.3 is 0 Å². The number of tetrazole rings is 1. The summed E-state index contributed by atoms with van der Waals surface area (Å²) in [5.41, 5.74) is 6.27. The fourth-order valence-electron chi connectivity index (χ4n) is 1.97. The zero-order chi connectivity index (χ0) is 17.8. The van der Waals surface area contributed by atoms with Crippen LogP contribution in [0.25, 0.3) is 5.69 Å². The molecule has 0 radical (unpaired) electrons. The Morgan fingerprint density at radius 2 is 2.08 bits per heavy atom. The highest BCUT2D eigenvalue weighted by Crippen LogP contribution is 2.24. The molecule has 2 heterocycles. The number of benzene rings is 1. The lowest BCUT2D eigenvalue weighted by Crippen LogP contribution is -2.27. The molecule has 0 saturated carbocycles. The van der Waals surface area contributed by atoms with E-state index in [1.165, 1.54) is 11.0 Å². The first-order chi connectivity index (χ1) is 12.0. The molecule has 3 rings (SSSR count). The Morgan fingerprint density at radius 1 is 1.32 bits per heavy atom. The minimum absolute atomic E-state index is 0.157. The van der Waals surface area contributed by atoms with Gasteiger partial charge in [0.1, 0.15) is 5.75 Å². The summed E-state index contributed by atoms with van der Waals surface area (Å²) < 4.78 is 19.1. The number of aliphatic hydroxyl groups is 1. The van der Waals surface area contributed by atoms with E-state index in [0.29, 0.717) is 23.7 Å². The number of nitrogens with two attached hydrogens (primary N) is 1. The highest BCUT2D eigenvalue weighted by Gasteiger charge is 2.10. The largest absolute Gasteiger partial charge is 0.436 e. The summed E-state index contributed by atoms with van der Waals surface area (Å²) >= 11 is 5.65. The summed E-state index contributed by atoms with van der Waals surface area (Å²) in [7, 11) is 0. The molecule has 0 aliphatic carbocycles. The van der Waals surface area contributed by atoms with E-state index in [0.717, 1.165) is 6.07 Å². The predicted octanol–water partition coefficient (Wildman–Crippen LogP) is 1.50. The van der Waals surface area contributed by atoms with Crippen LogP contribution >= 0.6 is 11.6 Å². The van der Waals surface area contributed by atoms with Gasteiger partial charge in [0.2, 0.25) is 0 Å². The summed E-state index contributed by atoms with van der Waals surface area (Å²) in [5, 5.41) is 21.1. The molecule has 0 saturated heterocycles. The van der Waals surface area contributed by atoms with Gasteiger partial charge in [-0.2, -0.15) is 0 Å². The van der Waals surface area contributed by atoms with Crippen LogP contribution in [-0.2, 0) is 6.42 Å². The molecule has 25 heavy (non-hydrogen) atoms. The van der Waals surface area contributed by atoms with Crippen LogP contribution in [0.1, 0.15) is 5.82 Å². The second kappa shape index (κ2) is 7.51. The first kappa shape index (κ1) is 17.2. The van der Waals surface area contributed by atoms with E-state index >= 15 is 0 Å². The van der Waals surface area contributed by atoms with Crippen LogP contribution in [0.4, 0.5) is 4.39 Å². The molecule has 0 spiro atoms. The maximum Gasteiger partial charge on any atom is 0.255 e. The van der Waals surface area contributed by atoms with Gasteiger partial charge in [0.25, 0.3) is 5.88 Å². The molecule has 0 bridgehead atoms. The SMILES string of the molecule is N[C@H](CO)Cc1nnn(-c2ccc(Oc3ncc(Cl)cc3F)cc2)n1. The van der Waals surface area contributed by atoms with Crippen molar-refractivity contribution in [2.45, 2.75) is 12.5 Å². The topological polar surface area (TPSA) is 112 Å². The smallest absolute Gasteiger partial charge is 0.255 e. The number of hydrogen-bond acceptors (Lipinski definition) is 7. The van der Waals surface area contributed by atoms with E-state index in [1.807, 2.05) is 0 Å². The van der Waals surface area contributed by atoms with Crippen molar-refractivity contribution < 1.29 is 14.2 Å². The third-order valence-corrected chi connectivity index (χ3v) is 3.40. The Labute approximate surface area is 147 Å². The number of aliphatic hydroxyl groups excluding tert-OH is 1. The maximum absolute atomic E-state index is 13.7. The first-order valence-electron chi connectivity index (χ1n) is 7.30. The van der Waals surface area contributed by atoms with Crippen molar-refractivity contribution in [3.05, 3.63) is 53.2 Å². The first-order valence-corrected chi connectivity index (χ1v) is 7.67. The van der Waals surface area contributed by atoms with Crippen LogP contribution in [-0.4, -0.2) is 42.9 Å². The van der Waals surface area contributed by atoms with Gasteiger partial charge in [-0.15, -0.1) is 15.0 Å². The molecule has 1 aromatic carbocycles. The second-order valence-corrected chi connectivity index (χ2v) is 5.61. The van der Waals surface area contributed by atoms with Gasteiger partial charge in [-0.3, -0.25) is 0 Å². The summed E-state index contributed by atoms with van der Waals surface area (Å²) in [5.74, 6) is -0.00915. The van der Waals surface area contributed by atoms with Crippen LogP contribution < -0.4 is 10.5 Å². The Hall–Kier alpha value is -2.62. The molecule has 3 N–H and O–H groups in total. The quantitative estimate of drug-likeness (QED) is 0.681. The van der Waals surface area contributed by atoms with Crippen molar-refractivity contribution in [3.8, 4) is 17.3 Å². The Bertz CT molecular complexity index is 857. The molecule has 0 aliphatic heterocycles. The van der Waals surface area contributed by atoms with Crippen molar-refractivity contribution in [1.29, 1.82) is 0 Å². The number of hydrogen-bond donors (Lipinski definition) is 2. The predicted molar refractivity (Wildman–Crippen MR) is 87.2 cm³/mol. The number of nitrogens with zero attached hydrogens (tertiary/aromatic N) is 5. The molecule has 10 heteroatoms. The second-order valence-electron chi connectivity index (χ2n) is 5.18. The molecule has 0 amide bonds. The minimum Gasteiger partial charge on any atom is -0.436 e. The Kier molecular flexibility index (Phi) is 5.17. The lowest BCUT2D eigenvalue weighted by molar-refractivity contribution is 0.264. The van der Waals surface area contributed by atoms with Crippen molar-refractivity contribution in [2.24, 2.45) is 5.73 Å². The molecule has 0 unspecified atom stereocenters. The maximum atomic E-state index is 13.7. The van der Waals surface area contributed by atoms with Gasteiger partial charge in [-0.05, 0) is 35.5 Å². The lowest BCUT2D eigenvalue weighted by Gasteiger charge is -2.06. The lowest BCUT2D eigenvalue weighted by atomic mass is 10.2. The van der Waals surface area contributed by atoms with Crippen molar-refractivity contribution in [3.63, 3.8) is 0 Å². The third kappa shape index (κ3) is 4.27. The molecule has 3 aromatic rings.